The fourth-order valence-electron chi connectivity index (χ4n) is 4.50. The third kappa shape index (κ3) is 4.64. The van der Waals surface area contributed by atoms with E-state index in [1.165, 1.54) is 5.56 Å². The maximum atomic E-state index is 13.0. The minimum absolute atomic E-state index is 0.0682. The average Bonchev–Trinajstić information content (AvgIpc) is 3.05. The van der Waals surface area contributed by atoms with Crippen molar-refractivity contribution in [3.05, 3.63) is 76.1 Å². The highest BCUT2D eigenvalue weighted by Crippen LogP contribution is 2.33. The molecular formula is C24H28ClN3O. The molecule has 0 spiro atoms. The van der Waals surface area contributed by atoms with E-state index in [4.69, 9.17) is 11.6 Å². The lowest BCUT2D eigenvalue weighted by atomic mass is 9.91. The van der Waals surface area contributed by atoms with Gasteiger partial charge in [-0.25, -0.2) is 0 Å². The van der Waals surface area contributed by atoms with Gasteiger partial charge < -0.3 is 5.32 Å². The Kier molecular flexibility index (Phi) is 6.19. The number of fused-ring (bicyclic) bond motifs is 1. The van der Waals surface area contributed by atoms with Crippen molar-refractivity contribution in [2.45, 2.75) is 57.4 Å². The van der Waals surface area contributed by atoms with Crippen LogP contribution in [0.25, 0.3) is 0 Å². The molecule has 4 nitrogen and oxygen atoms in total. The summed E-state index contributed by atoms with van der Waals surface area (Å²) in [5.41, 5.74) is 4.01. The molecule has 152 valence electrons. The number of hydrogen-bond donors (Lipinski definition) is 2. The standard InChI is InChI=1S/C24H28ClN3O/c1-16(18-9-3-2-4-10-18)26-24(29)23-21-13-6-5-11-19(22(21)27-28-23)14-17-8-7-12-20(25)15-17/h2-4,7-9,12,15-16,18-19H,5-6,10-11,13-14H2,1H3,(H,26,29)(H,27,28)/t16-,18?,19+/m0/s1. The van der Waals surface area contributed by atoms with E-state index in [0.29, 0.717) is 17.5 Å². The zero-order valence-electron chi connectivity index (χ0n) is 16.8. The lowest BCUT2D eigenvalue weighted by Gasteiger charge is -2.22. The van der Waals surface area contributed by atoms with E-state index in [1.807, 2.05) is 18.2 Å². The van der Waals surface area contributed by atoms with Crippen LogP contribution in [0.5, 0.6) is 0 Å². The summed E-state index contributed by atoms with van der Waals surface area (Å²) in [6.07, 6.45) is 14.5. The van der Waals surface area contributed by atoms with Crippen molar-refractivity contribution in [1.82, 2.24) is 15.5 Å². The molecule has 2 aliphatic carbocycles. The first kappa shape index (κ1) is 20.0. The number of rotatable bonds is 5. The third-order valence-corrected chi connectivity index (χ3v) is 6.37. The van der Waals surface area contributed by atoms with Crippen molar-refractivity contribution in [3.63, 3.8) is 0 Å². The van der Waals surface area contributed by atoms with Gasteiger partial charge in [0.1, 0.15) is 0 Å². The minimum atomic E-state index is -0.0682. The molecule has 4 rings (SSSR count). The van der Waals surface area contributed by atoms with Gasteiger partial charge in [-0.15, -0.1) is 0 Å². The Morgan fingerprint density at radius 1 is 1.34 bits per heavy atom. The second-order valence-electron chi connectivity index (χ2n) is 8.22. The normalized spacial score (nSPS) is 22.0. The predicted octanol–water partition coefficient (Wildman–Crippen LogP) is 5.37. The molecule has 2 N–H and O–H groups in total. The van der Waals surface area contributed by atoms with Crippen LogP contribution in [0, 0.1) is 5.92 Å². The molecule has 0 fully saturated rings. The van der Waals surface area contributed by atoms with Crippen LogP contribution in [0.15, 0.2) is 48.6 Å². The number of aromatic amines is 1. The number of aromatic nitrogens is 2. The van der Waals surface area contributed by atoms with Gasteiger partial charge in [-0.3, -0.25) is 9.89 Å². The van der Waals surface area contributed by atoms with E-state index < -0.39 is 0 Å². The van der Waals surface area contributed by atoms with Crippen molar-refractivity contribution >= 4 is 17.5 Å². The predicted molar refractivity (Wildman–Crippen MR) is 117 cm³/mol. The zero-order valence-corrected chi connectivity index (χ0v) is 17.6. The van der Waals surface area contributed by atoms with Gasteiger partial charge >= 0.3 is 0 Å². The van der Waals surface area contributed by atoms with Crippen LogP contribution >= 0.6 is 11.6 Å². The van der Waals surface area contributed by atoms with E-state index in [-0.39, 0.29) is 11.9 Å². The van der Waals surface area contributed by atoms with Gasteiger partial charge in [0.25, 0.3) is 5.91 Å². The lowest BCUT2D eigenvalue weighted by molar-refractivity contribution is 0.0925. The van der Waals surface area contributed by atoms with Gasteiger partial charge in [-0.1, -0.05) is 54.5 Å². The highest BCUT2D eigenvalue weighted by Gasteiger charge is 2.28. The number of benzene rings is 1. The van der Waals surface area contributed by atoms with Crippen molar-refractivity contribution in [1.29, 1.82) is 0 Å². The van der Waals surface area contributed by atoms with Gasteiger partial charge in [0, 0.05) is 34.2 Å². The number of carbonyl (C=O) groups excluding carboxylic acids is 1. The average molecular weight is 410 g/mol. The van der Waals surface area contributed by atoms with Crippen molar-refractivity contribution in [3.8, 4) is 0 Å². The molecule has 0 aliphatic heterocycles. The molecule has 1 aromatic carbocycles. The Hall–Kier alpha value is -2.33. The molecule has 2 aromatic rings. The summed E-state index contributed by atoms with van der Waals surface area (Å²) in [5.74, 6) is 0.599. The molecule has 1 aromatic heterocycles. The monoisotopic (exact) mass is 409 g/mol. The number of nitrogens with one attached hydrogen (secondary N) is 2. The van der Waals surface area contributed by atoms with Gasteiger partial charge in [-0.05, 0) is 56.7 Å². The van der Waals surface area contributed by atoms with Gasteiger partial charge in [0.05, 0.1) is 0 Å². The van der Waals surface area contributed by atoms with E-state index in [9.17, 15) is 4.79 Å². The Morgan fingerprint density at radius 2 is 2.24 bits per heavy atom. The Balaban J connectivity index is 1.51. The number of carbonyl (C=O) groups is 1. The molecule has 1 unspecified atom stereocenters. The molecule has 1 heterocycles. The lowest BCUT2D eigenvalue weighted by Crippen LogP contribution is -2.38. The van der Waals surface area contributed by atoms with Crippen molar-refractivity contribution in [2.24, 2.45) is 5.92 Å². The highest BCUT2D eigenvalue weighted by atomic mass is 35.5. The molecule has 1 amide bonds. The maximum Gasteiger partial charge on any atom is 0.272 e. The molecule has 2 aliphatic rings. The first-order valence-electron chi connectivity index (χ1n) is 10.6. The van der Waals surface area contributed by atoms with E-state index in [0.717, 1.165) is 54.8 Å². The largest absolute Gasteiger partial charge is 0.348 e. The fraction of sp³-hybridized carbons (Fsp3) is 0.417. The van der Waals surface area contributed by atoms with Gasteiger partial charge in [0.15, 0.2) is 5.69 Å². The number of H-pyrrole nitrogens is 1. The summed E-state index contributed by atoms with van der Waals surface area (Å²) in [4.78, 5) is 13.0. The van der Waals surface area contributed by atoms with Gasteiger partial charge in [-0.2, -0.15) is 5.10 Å². The first-order chi connectivity index (χ1) is 14.1. The van der Waals surface area contributed by atoms with Crippen LogP contribution in [-0.2, 0) is 12.8 Å². The van der Waals surface area contributed by atoms with Crippen LogP contribution < -0.4 is 5.32 Å². The third-order valence-electron chi connectivity index (χ3n) is 6.14. The quantitative estimate of drug-likeness (QED) is 0.652. The SMILES string of the molecule is C[C@H](NC(=O)c1n[nH]c2c1CCCC[C@@H]2Cc1cccc(Cl)c1)C1C=CC=CC1. The topological polar surface area (TPSA) is 57.8 Å². The first-order valence-corrected chi connectivity index (χ1v) is 11.0. The molecule has 0 radical (unpaired) electrons. The van der Waals surface area contributed by atoms with E-state index in [1.54, 1.807) is 0 Å². The minimum Gasteiger partial charge on any atom is -0.348 e. The number of amides is 1. The number of hydrogen-bond acceptors (Lipinski definition) is 2. The Bertz CT molecular complexity index is 930. The molecule has 0 saturated carbocycles. The van der Waals surface area contributed by atoms with Crippen LogP contribution in [0.1, 0.15) is 65.8 Å². The number of nitrogens with zero attached hydrogens (tertiary/aromatic N) is 1. The van der Waals surface area contributed by atoms with E-state index in [2.05, 4.69) is 52.8 Å². The molecule has 5 heteroatoms. The summed E-state index contributed by atoms with van der Waals surface area (Å²) in [6, 6.07) is 8.13. The number of halogens is 1. The summed E-state index contributed by atoms with van der Waals surface area (Å²) in [5, 5.41) is 11.6. The second-order valence-corrected chi connectivity index (χ2v) is 8.65. The zero-order chi connectivity index (χ0) is 20.2. The van der Waals surface area contributed by atoms with Crippen LogP contribution in [0.4, 0.5) is 0 Å². The smallest absolute Gasteiger partial charge is 0.272 e. The molecule has 29 heavy (non-hydrogen) atoms. The second kappa shape index (κ2) is 9.00. The summed E-state index contributed by atoms with van der Waals surface area (Å²) in [6.45, 7) is 2.07. The summed E-state index contributed by atoms with van der Waals surface area (Å²) >= 11 is 6.17. The molecule has 0 saturated heterocycles. The van der Waals surface area contributed by atoms with E-state index >= 15 is 0 Å². The van der Waals surface area contributed by atoms with Crippen molar-refractivity contribution in [2.75, 3.05) is 0 Å². The summed E-state index contributed by atoms with van der Waals surface area (Å²) < 4.78 is 0. The fourth-order valence-corrected chi connectivity index (χ4v) is 4.71. The highest BCUT2D eigenvalue weighted by molar-refractivity contribution is 6.30. The molecular weight excluding hydrogens is 382 g/mol. The summed E-state index contributed by atoms with van der Waals surface area (Å²) in [7, 11) is 0. The molecule has 3 atom stereocenters. The number of allylic oxidation sites excluding steroid dienone is 3. The van der Waals surface area contributed by atoms with Crippen LogP contribution in [-0.4, -0.2) is 22.1 Å². The van der Waals surface area contributed by atoms with Crippen LogP contribution in [0.2, 0.25) is 5.02 Å². The Morgan fingerprint density at radius 3 is 3.03 bits per heavy atom. The molecule has 0 bridgehead atoms. The Labute approximate surface area is 177 Å². The van der Waals surface area contributed by atoms with Crippen molar-refractivity contribution < 1.29 is 4.79 Å². The van der Waals surface area contributed by atoms with Crippen LogP contribution in [0.3, 0.4) is 0 Å². The maximum absolute atomic E-state index is 13.0. The van der Waals surface area contributed by atoms with Gasteiger partial charge in [0.2, 0.25) is 0 Å².